The van der Waals surface area contributed by atoms with E-state index in [9.17, 15) is 4.79 Å². The highest BCUT2D eigenvalue weighted by atomic mass is 32.2. The number of carboxylic acid groups (broad SMARTS) is 1. The van der Waals surface area contributed by atoms with Crippen LogP contribution in [-0.4, -0.2) is 28.4 Å². The van der Waals surface area contributed by atoms with Crippen molar-refractivity contribution in [3.63, 3.8) is 0 Å². The molecule has 0 aliphatic carbocycles. The summed E-state index contributed by atoms with van der Waals surface area (Å²) < 4.78 is 5.71. The molecular formula is C16H17NO3S. The molecule has 0 fully saturated rings. The molecule has 5 heteroatoms. The molecule has 0 radical (unpaired) electrons. The number of aryl methyl sites for hydroxylation is 2. The van der Waals surface area contributed by atoms with Crippen molar-refractivity contribution in [2.24, 2.45) is 0 Å². The van der Waals surface area contributed by atoms with Crippen molar-refractivity contribution in [3.8, 4) is 5.75 Å². The number of rotatable bonds is 6. The van der Waals surface area contributed by atoms with Gasteiger partial charge in [0, 0.05) is 11.9 Å². The Morgan fingerprint density at radius 2 is 1.95 bits per heavy atom. The molecule has 4 nitrogen and oxygen atoms in total. The molecule has 0 aliphatic rings. The van der Waals surface area contributed by atoms with E-state index in [0.717, 1.165) is 16.5 Å². The van der Waals surface area contributed by atoms with E-state index >= 15 is 0 Å². The summed E-state index contributed by atoms with van der Waals surface area (Å²) in [4.78, 5) is 14.8. The minimum Gasteiger partial charge on any atom is -0.493 e. The first-order valence-corrected chi connectivity index (χ1v) is 7.56. The number of hydrogen-bond acceptors (Lipinski definition) is 4. The Morgan fingerprint density at radius 3 is 2.52 bits per heavy atom. The molecule has 1 aromatic heterocycles. The maximum absolute atomic E-state index is 10.7. The number of thioether (sulfide) groups is 1. The van der Waals surface area contributed by atoms with Gasteiger partial charge in [0.05, 0.1) is 17.2 Å². The third kappa shape index (κ3) is 4.79. The number of pyridine rings is 1. The molecule has 0 aliphatic heterocycles. The summed E-state index contributed by atoms with van der Waals surface area (Å²) in [6.07, 6.45) is 1.37. The summed E-state index contributed by atoms with van der Waals surface area (Å²) in [7, 11) is 0. The van der Waals surface area contributed by atoms with Crippen LogP contribution in [0, 0.1) is 13.8 Å². The topological polar surface area (TPSA) is 59.4 Å². The summed E-state index contributed by atoms with van der Waals surface area (Å²) in [5, 5.41) is 9.59. The molecule has 0 saturated heterocycles. The summed E-state index contributed by atoms with van der Waals surface area (Å²) in [6.45, 7) is 4.67. The van der Waals surface area contributed by atoms with Gasteiger partial charge in [-0.3, -0.25) is 0 Å². The van der Waals surface area contributed by atoms with E-state index in [2.05, 4.69) is 11.1 Å². The summed E-state index contributed by atoms with van der Waals surface area (Å²) in [5.41, 5.74) is 2.57. The normalized spacial score (nSPS) is 10.4. The van der Waals surface area contributed by atoms with Gasteiger partial charge < -0.3 is 9.84 Å². The van der Waals surface area contributed by atoms with Gasteiger partial charge in [-0.25, -0.2) is 9.78 Å². The van der Waals surface area contributed by atoms with E-state index < -0.39 is 5.97 Å². The molecule has 0 bridgehead atoms. The first-order chi connectivity index (χ1) is 10.0. The van der Waals surface area contributed by atoms with Gasteiger partial charge >= 0.3 is 5.97 Å². The fourth-order valence-corrected chi connectivity index (χ4v) is 2.58. The Kier molecular flexibility index (Phi) is 5.22. The second kappa shape index (κ2) is 7.13. The maximum atomic E-state index is 10.7. The predicted molar refractivity (Wildman–Crippen MR) is 83.3 cm³/mol. The Morgan fingerprint density at radius 1 is 1.24 bits per heavy atom. The maximum Gasteiger partial charge on any atom is 0.337 e. The van der Waals surface area contributed by atoms with Crippen LogP contribution in [0.4, 0.5) is 0 Å². The number of ether oxygens (including phenoxy) is 1. The number of carbonyl (C=O) groups is 1. The molecule has 1 heterocycles. The van der Waals surface area contributed by atoms with Crippen LogP contribution < -0.4 is 4.74 Å². The van der Waals surface area contributed by atoms with Gasteiger partial charge in [0.2, 0.25) is 0 Å². The fraction of sp³-hybridized carbons (Fsp3) is 0.250. The zero-order valence-corrected chi connectivity index (χ0v) is 12.8. The zero-order valence-electron chi connectivity index (χ0n) is 12.0. The van der Waals surface area contributed by atoms with E-state index in [-0.39, 0.29) is 5.56 Å². The molecular weight excluding hydrogens is 286 g/mol. The van der Waals surface area contributed by atoms with Crippen LogP contribution in [0.5, 0.6) is 5.75 Å². The van der Waals surface area contributed by atoms with Gasteiger partial charge in [-0.1, -0.05) is 6.07 Å². The highest BCUT2D eigenvalue weighted by molar-refractivity contribution is 7.99. The van der Waals surface area contributed by atoms with Gasteiger partial charge in [0.15, 0.2) is 0 Å². The van der Waals surface area contributed by atoms with Crippen molar-refractivity contribution in [1.82, 2.24) is 4.98 Å². The van der Waals surface area contributed by atoms with Crippen LogP contribution in [0.25, 0.3) is 0 Å². The molecule has 21 heavy (non-hydrogen) atoms. The molecule has 2 aromatic rings. The van der Waals surface area contributed by atoms with Crippen molar-refractivity contribution in [1.29, 1.82) is 0 Å². The van der Waals surface area contributed by atoms with E-state index in [0.29, 0.717) is 6.61 Å². The highest BCUT2D eigenvalue weighted by Crippen LogP contribution is 2.18. The quantitative estimate of drug-likeness (QED) is 0.653. The number of nitrogens with zero attached hydrogens (tertiary/aromatic N) is 1. The molecule has 110 valence electrons. The minimum atomic E-state index is -0.961. The second-order valence-corrected chi connectivity index (χ2v) is 5.83. The van der Waals surface area contributed by atoms with Crippen molar-refractivity contribution in [3.05, 3.63) is 53.2 Å². The van der Waals surface area contributed by atoms with E-state index in [1.807, 2.05) is 26.0 Å². The largest absolute Gasteiger partial charge is 0.493 e. The van der Waals surface area contributed by atoms with Crippen molar-refractivity contribution in [2.45, 2.75) is 18.9 Å². The van der Waals surface area contributed by atoms with Gasteiger partial charge in [0.25, 0.3) is 0 Å². The molecule has 0 amide bonds. The number of hydrogen-bond donors (Lipinski definition) is 1. The first-order valence-electron chi connectivity index (χ1n) is 6.58. The van der Waals surface area contributed by atoms with Crippen molar-refractivity contribution >= 4 is 17.7 Å². The molecule has 1 N–H and O–H groups in total. The predicted octanol–water partition coefficient (Wildman–Crippen LogP) is 3.57. The first kappa shape index (κ1) is 15.4. The van der Waals surface area contributed by atoms with Crippen LogP contribution in [0.2, 0.25) is 0 Å². The lowest BCUT2D eigenvalue weighted by Crippen LogP contribution is -2.01. The van der Waals surface area contributed by atoms with Gasteiger partial charge in [-0.2, -0.15) is 0 Å². The molecule has 0 atom stereocenters. The smallest absolute Gasteiger partial charge is 0.337 e. The monoisotopic (exact) mass is 303 g/mol. The van der Waals surface area contributed by atoms with Crippen LogP contribution in [0.1, 0.15) is 21.5 Å². The lowest BCUT2D eigenvalue weighted by atomic mass is 10.1. The molecule has 0 unspecified atom stereocenters. The standard InChI is InChI=1S/C16H17NO3S/c1-11-7-12(2)9-14(8-11)20-5-6-21-15-4-3-13(10-17-15)16(18)19/h3-4,7-10H,5-6H2,1-2H3,(H,18,19). The van der Waals surface area contributed by atoms with Gasteiger partial charge in [-0.15, -0.1) is 11.8 Å². The Hall–Kier alpha value is -2.01. The van der Waals surface area contributed by atoms with Gasteiger partial charge in [-0.05, 0) is 49.2 Å². The Balaban J connectivity index is 1.80. The molecule has 2 rings (SSSR count). The van der Waals surface area contributed by atoms with E-state index in [1.165, 1.54) is 29.1 Å². The summed E-state index contributed by atoms with van der Waals surface area (Å²) in [6, 6.07) is 9.40. The lowest BCUT2D eigenvalue weighted by Gasteiger charge is -2.08. The third-order valence-electron chi connectivity index (χ3n) is 2.78. The van der Waals surface area contributed by atoms with Crippen LogP contribution in [0.15, 0.2) is 41.6 Å². The Bertz CT molecular complexity index is 606. The average molecular weight is 303 g/mol. The molecule has 0 spiro atoms. The zero-order chi connectivity index (χ0) is 15.2. The summed E-state index contributed by atoms with van der Waals surface area (Å²) in [5.74, 6) is 0.673. The SMILES string of the molecule is Cc1cc(C)cc(OCCSc2ccc(C(=O)O)cn2)c1. The van der Waals surface area contributed by atoms with E-state index in [4.69, 9.17) is 9.84 Å². The lowest BCUT2D eigenvalue weighted by molar-refractivity contribution is 0.0696. The fourth-order valence-electron chi connectivity index (χ4n) is 1.91. The molecule has 1 aromatic carbocycles. The third-order valence-corrected chi connectivity index (χ3v) is 3.69. The van der Waals surface area contributed by atoms with Crippen LogP contribution in [-0.2, 0) is 0 Å². The van der Waals surface area contributed by atoms with Crippen LogP contribution >= 0.6 is 11.8 Å². The molecule has 0 saturated carbocycles. The second-order valence-electron chi connectivity index (χ2n) is 4.71. The number of aromatic carboxylic acids is 1. The minimum absolute atomic E-state index is 0.200. The Labute approximate surface area is 128 Å². The highest BCUT2D eigenvalue weighted by Gasteiger charge is 2.03. The number of carboxylic acids is 1. The number of benzene rings is 1. The van der Waals surface area contributed by atoms with Crippen molar-refractivity contribution in [2.75, 3.05) is 12.4 Å². The van der Waals surface area contributed by atoms with Gasteiger partial charge in [0.1, 0.15) is 5.75 Å². The summed E-state index contributed by atoms with van der Waals surface area (Å²) >= 11 is 1.54. The average Bonchev–Trinajstić information content (AvgIpc) is 2.43. The van der Waals surface area contributed by atoms with Crippen molar-refractivity contribution < 1.29 is 14.6 Å². The number of aromatic nitrogens is 1. The van der Waals surface area contributed by atoms with Crippen LogP contribution in [0.3, 0.4) is 0 Å². The van der Waals surface area contributed by atoms with E-state index in [1.54, 1.807) is 12.1 Å².